The average Bonchev–Trinajstić information content (AvgIpc) is 2.60. The summed E-state index contributed by atoms with van der Waals surface area (Å²) in [7, 11) is 3.56. The normalized spacial score (nSPS) is 10.9. The fraction of sp³-hybridized carbons (Fsp3) is 0.583. The van der Waals surface area contributed by atoms with Gasteiger partial charge in [-0.15, -0.1) is 23.7 Å². The van der Waals surface area contributed by atoms with Crippen molar-refractivity contribution in [1.29, 1.82) is 0 Å². The van der Waals surface area contributed by atoms with E-state index in [2.05, 4.69) is 23.7 Å². The standard InChI is InChI=1S/C12H20N2OS.ClH/c1-9-6-7-16-10(9)8-13-12(2,3)11(15)14(4)5;/h6-7,13H,8H2,1-5H3;1H. The molecule has 0 saturated carbocycles. The Morgan fingerprint density at radius 1 is 1.47 bits per heavy atom. The van der Waals surface area contributed by atoms with Gasteiger partial charge in [0, 0.05) is 25.5 Å². The number of nitrogens with zero attached hydrogens (tertiary/aromatic N) is 1. The summed E-state index contributed by atoms with van der Waals surface area (Å²) in [5.74, 6) is 0.0988. The Balaban J connectivity index is 0.00000256. The van der Waals surface area contributed by atoms with E-state index in [0.717, 1.165) is 6.54 Å². The maximum atomic E-state index is 11.9. The Morgan fingerprint density at radius 2 is 2.06 bits per heavy atom. The molecule has 1 heterocycles. The second-order valence-corrected chi connectivity index (χ2v) is 5.71. The number of carbonyl (C=O) groups is 1. The number of rotatable bonds is 4. The molecule has 0 spiro atoms. The molecule has 0 atom stereocenters. The topological polar surface area (TPSA) is 32.3 Å². The molecule has 98 valence electrons. The van der Waals surface area contributed by atoms with Crippen molar-refractivity contribution in [3.63, 3.8) is 0 Å². The third-order valence-corrected chi connectivity index (χ3v) is 3.62. The predicted molar refractivity (Wildman–Crippen MR) is 75.9 cm³/mol. The Morgan fingerprint density at radius 3 is 2.47 bits per heavy atom. The first kappa shape index (κ1) is 16.4. The van der Waals surface area contributed by atoms with Gasteiger partial charge in [-0.25, -0.2) is 0 Å². The van der Waals surface area contributed by atoms with Gasteiger partial charge in [-0.05, 0) is 37.8 Å². The summed E-state index contributed by atoms with van der Waals surface area (Å²) in [6.07, 6.45) is 0. The van der Waals surface area contributed by atoms with Crippen LogP contribution in [0.25, 0.3) is 0 Å². The monoisotopic (exact) mass is 276 g/mol. The van der Waals surface area contributed by atoms with Gasteiger partial charge in [0.15, 0.2) is 0 Å². The van der Waals surface area contributed by atoms with Gasteiger partial charge in [0.1, 0.15) is 0 Å². The van der Waals surface area contributed by atoms with Crippen molar-refractivity contribution < 1.29 is 4.79 Å². The first-order chi connectivity index (χ1) is 7.34. The number of thiophene rings is 1. The van der Waals surface area contributed by atoms with Crippen molar-refractivity contribution in [2.75, 3.05) is 14.1 Å². The highest BCUT2D eigenvalue weighted by molar-refractivity contribution is 7.10. The van der Waals surface area contributed by atoms with Crippen LogP contribution in [-0.2, 0) is 11.3 Å². The zero-order chi connectivity index (χ0) is 12.3. The van der Waals surface area contributed by atoms with Gasteiger partial charge in [0.2, 0.25) is 5.91 Å². The maximum Gasteiger partial charge on any atom is 0.241 e. The van der Waals surface area contributed by atoms with Crippen molar-refractivity contribution in [3.05, 3.63) is 21.9 Å². The second-order valence-electron chi connectivity index (χ2n) is 4.70. The lowest BCUT2D eigenvalue weighted by Gasteiger charge is -2.28. The van der Waals surface area contributed by atoms with E-state index in [-0.39, 0.29) is 18.3 Å². The van der Waals surface area contributed by atoms with E-state index >= 15 is 0 Å². The van der Waals surface area contributed by atoms with Gasteiger partial charge >= 0.3 is 0 Å². The van der Waals surface area contributed by atoms with Crippen LogP contribution in [0.1, 0.15) is 24.3 Å². The zero-order valence-electron chi connectivity index (χ0n) is 11.0. The molecule has 0 unspecified atom stereocenters. The molecule has 1 aromatic heterocycles. The van der Waals surface area contributed by atoms with Crippen molar-refractivity contribution in [1.82, 2.24) is 10.2 Å². The number of nitrogens with one attached hydrogen (secondary N) is 1. The summed E-state index contributed by atoms with van der Waals surface area (Å²) in [6.45, 7) is 6.67. The SMILES string of the molecule is Cc1ccsc1CNC(C)(C)C(=O)N(C)C.Cl. The van der Waals surface area contributed by atoms with Crippen LogP contribution >= 0.6 is 23.7 Å². The van der Waals surface area contributed by atoms with Gasteiger partial charge < -0.3 is 4.90 Å². The summed E-state index contributed by atoms with van der Waals surface area (Å²) in [5, 5.41) is 5.38. The van der Waals surface area contributed by atoms with Crippen molar-refractivity contribution >= 4 is 29.7 Å². The molecule has 1 rings (SSSR count). The summed E-state index contributed by atoms with van der Waals surface area (Å²) < 4.78 is 0. The summed E-state index contributed by atoms with van der Waals surface area (Å²) in [5.41, 5.74) is 0.769. The molecule has 0 bridgehead atoms. The molecule has 1 aromatic rings. The quantitative estimate of drug-likeness (QED) is 0.916. The highest BCUT2D eigenvalue weighted by Crippen LogP contribution is 2.16. The number of amides is 1. The molecule has 5 heteroatoms. The first-order valence-corrected chi connectivity index (χ1v) is 6.22. The van der Waals surface area contributed by atoms with E-state index < -0.39 is 5.54 Å². The molecule has 0 aliphatic carbocycles. The van der Waals surface area contributed by atoms with E-state index in [1.54, 1.807) is 30.3 Å². The number of likely N-dealkylation sites (N-methyl/N-ethyl adjacent to an activating group) is 1. The molecule has 0 fully saturated rings. The zero-order valence-corrected chi connectivity index (χ0v) is 12.7. The average molecular weight is 277 g/mol. The Kier molecular flexibility index (Phi) is 6.16. The van der Waals surface area contributed by atoms with E-state index in [4.69, 9.17) is 0 Å². The van der Waals surface area contributed by atoms with Crippen LogP contribution in [0, 0.1) is 6.92 Å². The molecule has 0 aromatic carbocycles. The fourth-order valence-corrected chi connectivity index (χ4v) is 2.37. The van der Waals surface area contributed by atoms with Crippen molar-refractivity contribution in [2.24, 2.45) is 0 Å². The van der Waals surface area contributed by atoms with Gasteiger partial charge in [0.25, 0.3) is 0 Å². The Hall–Kier alpha value is -0.580. The molecule has 0 aliphatic rings. The molecular formula is C12H21ClN2OS. The molecule has 1 N–H and O–H groups in total. The van der Waals surface area contributed by atoms with Gasteiger partial charge in [-0.3, -0.25) is 10.1 Å². The molecule has 3 nitrogen and oxygen atoms in total. The predicted octanol–water partition coefficient (Wildman–Crippen LogP) is 2.43. The van der Waals surface area contributed by atoms with Crippen molar-refractivity contribution in [3.8, 4) is 0 Å². The van der Waals surface area contributed by atoms with E-state index in [1.807, 2.05) is 13.8 Å². The Bertz CT molecular complexity index is 374. The van der Waals surface area contributed by atoms with Gasteiger partial charge in [-0.1, -0.05) is 0 Å². The summed E-state index contributed by atoms with van der Waals surface area (Å²) in [6, 6.07) is 2.10. The smallest absolute Gasteiger partial charge is 0.241 e. The minimum atomic E-state index is -0.514. The molecule has 0 saturated heterocycles. The van der Waals surface area contributed by atoms with Crippen LogP contribution in [0.4, 0.5) is 0 Å². The third-order valence-electron chi connectivity index (χ3n) is 2.60. The number of hydrogen-bond donors (Lipinski definition) is 1. The lowest BCUT2D eigenvalue weighted by atomic mass is 10.0. The molecular weight excluding hydrogens is 256 g/mol. The van der Waals surface area contributed by atoms with Crippen LogP contribution in [0.2, 0.25) is 0 Å². The molecule has 17 heavy (non-hydrogen) atoms. The highest BCUT2D eigenvalue weighted by Gasteiger charge is 2.28. The van der Waals surface area contributed by atoms with Crippen LogP contribution in [0.3, 0.4) is 0 Å². The van der Waals surface area contributed by atoms with Crippen LogP contribution in [0.15, 0.2) is 11.4 Å². The van der Waals surface area contributed by atoms with Gasteiger partial charge in [0.05, 0.1) is 5.54 Å². The molecule has 1 amide bonds. The lowest BCUT2D eigenvalue weighted by molar-refractivity contribution is -0.134. The number of halogens is 1. The van der Waals surface area contributed by atoms with E-state index in [1.165, 1.54) is 10.4 Å². The van der Waals surface area contributed by atoms with E-state index in [9.17, 15) is 4.79 Å². The highest BCUT2D eigenvalue weighted by atomic mass is 35.5. The lowest BCUT2D eigenvalue weighted by Crippen LogP contribution is -2.51. The minimum Gasteiger partial charge on any atom is -0.347 e. The number of hydrogen-bond acceptors (Lipinski definition) is 3. The molecule has 0 aliphatic heterocycles. The number of aryl methyl sites for hydroxylation is 1. The maximum absolute atomic E-state index is 11.9. The largest absolute Gasteiger partial charge is 0.347 e. The minimum absolute atomic E-state index is 0. The third kappa shape index (κ3) is 4.30. The van der Waals surface area contributed by atoms with Crippen LogP contribution < -0.4 is 5.32 Å². The summed E-state index contributed by atoms with van der Waals surface area (Å²) >= 11 is 1.72. The molecule has 0 radical (unpaired) electrons. The second kappa shape index (κ2) is 6.38. The Labute approximate surface area is 114 Å². The fourth-order valence-electron chi connectivity index (χ4n) is 1.52. The van der Waals surface area contributed by atoms with Crippen molar-refractivity contribution in [2.45, 2.75) is 32.9 Å². The summed E-state index contributed by atoms with van der Waals surface area (Å²) in [4.78, 5) is 14.8. The van der Waals surface area contributed by atoms with Gasteiger partial charge in [-0.2, -0.15) is 0 Å². The first-order valence-electron chi connectivity index (χ1n) is 5.34. The number of carbonyl (C=O) groups excluding carboxylic acids is 1. The van der Waals surface area contributed by atoms with Crippen LogP contribution in [0.5, 0.6) is 0 Å². The van der Waals surface area contributed by atoms with E-state index in [0.29, 0.717) is 0 Å². The van der Waals surface area contributed by atoms with Crippen LogP contribution in [-0.4, -0.2) is 30.4 Å².